The summed E-state index contributed by atoms with van der Waals surface area (Å²) in [6.07, 6.45) is -0.00880. The van der Waals surface area contributed by atoms with Crippen LogP contribution in [0, 0.1) is 13.8 Å². The number of ether oxygens (including phenoxy) is 1. The zero-order valence-corrected chi connectivity index (χ0v) is 13.9. The van der Waals surface area contributed by atoms with Crippen LogP contribution in [0.4, 0.5) is 0 Å². The average Bonchev–Trinajstić information content (AvgIpc) is 2.76. The third-order valence-corrected chi connectivity index (χ3v) is 3.48. The Morgan fingerprint density at radius 2 is 2.14 bits per heavy atom. The van der Waals surface area contributed by atoms with Gasteiger partial charge in [0.15, 0.2) is 0 Å². The van der Waals surface area contributed by atoms with Gasteiger partial charge >= 0.3 is 0 Å². The van der Waals surface area contributed by atoms with Gasteiger partial charge in [-0.05, 0) is 39.8 Å². The molecule has 1 aromatic carbocycles. The molecule has 1 amide bonds. The Bertz CT molecular complexity index is 680. The van der Waals surface area contributed by atoms with Gasteiger partial charge in [-0.2, -0.15) is 0 Å². The molecule has 2 aromatic rings. The highest BCUT2D eigenvalue weighted by molar-refractivity contribution is 6.35. The molecule has 0 bridgehead atoms. The van der Waals surface area contributed by atoms with E-state index in [9.17, 15) is 4.79 Å². The molecular formula is C16H20ClN3O2. The lowest BCUT2D eigenvalue weighted by molar-refractivity contribution is 0.0950. The largest absolute Gasteiger partial charge is 0.489 e. The van der Waals surface area contributed by atoms with Crippen molar-refractivity contribution in [1.29, 1.82) is 0 Å². The second kappa shape index (κ2) is 6.83. The Labute approximate surface area is 135 Å². The summed E-state index contributed by atoms with van der Waals surface area (Å²) in [5.41, 5.74) is 2.15. The number of carbonyl (C=O) groups excluding carboxylic acids is 1. The number of benzene rings is 1. The van der Waals surface area contributed by atoms with Crippen molar-refractivity contribution in [2.75, 3.05) is 0 Å². The van der Waals surface area contributed by atoms with Crippen LogP contribution in [0.15, 0.2) is 18.2 Å². The normalized spacial score (nSPS) is 10.8. The highest BCUT2D eigenvalue weighted by Crippen LogP contribution is 2.29. The van der Waals surface area contributed by atoms with E-state index >= 15 is 0 Å². The van der Waals surface area contributed by atoms with Crippen LogP contribution in [0.3, 0.4) is 0 Å². The minimum atomic E-state index is -0.251. The number of hydrogen-bond acceptors (Lipinski definition) is 3. The monoisotopic (exact) mass is 321 g/mol. The number of aryl methyl sites for hydroxylation is 2. The third kappa shape index (κ3) is 3.80. The molecule has 0 fully saturated rings. The standard InChI is InChI=1S/C16H20ClN3O2/c1-9(2)22-14-7-5-6-12(15(14)17)16(21)18-8-13-10(3)19-11(4)20-13/h5-7,9H,8H2,1-4H3,(H,18,21)(H,19,20). The van der Waals surface area contributed by atoms with Crippen LogP contribution in [0.5, 0.6) is 5.75 Å². The van der Waals surface area contributed by atoms with Crippen LogP contribution in [-0.4, -0.2) is 22.0 Å². The van der Waals surface area contributed by atoms with Crippen molar-refractivity contribution in [1.82, 2.24) is 15.3 Å². The van der Waals surface area contributed by atoms with Crippen LogP contribution >= 0.6 is 11.6 Å². The summed E-state index contributed by atoms with van der Waals surface area (Å²) < 4.78 is 5.59. The van der Waals surface area contributed by atoms with Crippen LogP contribution in [0.25, 0.3) is 0 Å². The van der Waals surface area contributed by atoms with Crippen LogP contribution in [-0.2, 0) is 6.54 Å². The molecule has 6 heteroatoms. The van der Waals surface area contributed by atoms with Gasteiger partial charge in [0.1, 0.15) is 11.6 Å². The summed E-state index contributed by atoms with van der Waals surface area (Å²) in [6.45, 7) is 7.96. The van der Waals surface area contributed by atoms with Gasteiger partial charge in [0, 0.05) is 5.69 Å². The van der Waals surface area contributed by atoms with E-state index in [1.54, 1.807) is 18.2 Å². The Balaban J connectivity index is 2.11. The molecule has 0 atom stereocenters. The van der Waals surface area contributed by atoms with Crippen molar-refractivity contribution in [3.63, 3.8) is 0 Å². The first kappa shape index (κ1) is 16.4. The van der Waals surface area contributed by atoms with Crippen LogP contribution < -0.4 is 10.1 Å². The van der Waals surface area contributed by atoms with E-state index in [0.717, 1.165) is 17.2 Å². The summed E-state index contributed by atoms with van der Waals surface area (Å²) in [4.78, 5) is 19.7. The highest BCUT2D eigenvalue weighted by Gasteiger charge is 2.15. The van der Waals surface area contributed by atoms with Crippen molar-refractivity contribution in [3.8, 4) is 5.75 Å². The van der Waals surface area contributed by atoms with Gasteiger partial charge in [0.25, 0.3) is 5.91 Å². The topological polar surface area (TPSA) is 67.0 Å². The van der Waals surface area contributed by atoms with Gasteiger partial charge in [0.2, 0.25) is 0 Å². The number of hydrogen-bond donors (Lipinski definition) is 2. The van der Waals surface area contributed by atoms with Crippen molar-refractivity contribution in [2.24, 2.45) is 0 Å². The number of H-pyrrole nitrogens is 1. The lowest BCUT2D eigenvalue weighted by Gasteiger charge is -2.13. The molecule has 0 spiro atoms. The summed E-state index contributed by atoms with van der Waals surface area (Å²) in [6, 6.07) is 5.18. The molecular weight excluding hydrogens is 302 g/mol. The molecule has 0 saturated heterocycles. The molecule has 0 aliphatic heterocycles. The second-order valence-corrected chi connectivity index (χ2v) is 5.74. The number of carbonyl (C=O) groups is 1. The number of aromatic amines is 1. The summed E-state index contributed by atoms with van der Waals surface area (Å²) >= 11 is 6.26. The van der Waals surface area contributed by atoms with Crippen molar-refractivity contribution in [3.05, 3.63) is 46.0 Å². The molecule has 5 nitrogen and oxygen atoms in total. The molecule has 1 aromatic heterocycles. The SMILES string of the molecule is Cc1nc(CNC(=O)c2cccc(OC(C)C)c2Cl)c(C)[nH]1. The van der Waals surface area contributed by atoms with Gasteiger partial charge in [-0.3, -0.25) is 4.79 Å². The number of imidazole rings is 1. The third-order valence-electron chi connectivity index (χ3n) is 3.09. The van der Waals surface area contributed by atoms with E-state index in [1.807, 2.05) is 27.7 Å². The zero-order chi connectivity index (χ0) is 16.3. The second-order valence-electron chi connectivity index (χ2n) is 5.36. The lowest BCUT2D eigenvalue weighted by atomic mass is 10.2. The Morgan fingerprint density at radius 3 is 2.73 bits per heavy atom. The van der Waals surface area contributed by atoms with E-state index < -0.39 is 0 Å². The molecule has 1 heterocycles. The minimum absolute atomic E-state index is 0.00880. The maximum Gasteiger partial charge on any atom is 0.253 e. The molecule has 0 unspecified atom stereocenters. The molecule has 0 saturated carbocycles. The Morgan fingerprint density at radius 1 is 1.41 bits per heavy atom. The Hall–Kier alpha value is -2.01. The number of nitrogens with one attached hydrogen (secondary N) is 2. The number of halogens is 1. The van der Waals surface area contributed by atoms with Gasteiger partial charge in [-0.15, -0.1) is 0 Å². The number of amides is 1. The first-order valence-electron chi connectivity index (χ1n) is 7.14. The first-order chi connectivity index (χ1) is 10.4. The molecule has 2 rings (SSSR count). The molecule has 2 N–H and O–H groups in total. The van der Waals surface area contributed by atoms with Crippen LogP contribution in [0.1, 0.15) is 41.4 Å². The quantitative estimate of drug-likeness (QED) is 0.887. The van der Waals surface area contributed by atoms with E-state index in [2.05, 4.69) is 15.3 Å². The van der Waals surface area contributed by atoms with Crippen LogP contribution in [0.2, 0.25) is 5.02 Å². The molecule has 0 radical (unpaired) electrons. The molecule has 0 aliphatic carbocycles. The fourth-order valence-electron chi connectivity index (χ4n) is 2.12. The zero-order valence-electron chi connectivity index (χ0n) is 13.2. The fraction of sp³-hybridized carbons (Fsp3) is 0.375. The smallest absolute Gasteiger partial charge is 0.253 e. The summed E-state index contributed by atoms with van der Waals surface area (Å²) in [5, 5.41) is 3.15. The van der Waals surface area contributed by atoms with E-state index in [1.165, 1.54) is 0 Å². The summed E-state index contributed by atoms with van der Waals surface area (Å²) in [5.74, 6) is 1.09. The predicted molar refractivity (Wildman–Crippen MR) is 86.4 cm³/mol. The van der Waals surface area contributed by atoms with E-state index in [-0.39, 0.29) is 12.0 Å². The average molecular weight is 322 g/mol. The van der Waals surface area contributed by atoms with E-state index in [0.29, 0.717) is 22.9 Å². The molecule has 0 aliphatic rings. The minimum Gasteiger partial charge on any atom is -0.489 e. The summed E-state index contributed by atoms with van der Waals surface area (Å²) in [7, 11) is 0. The maximum absolute atomic E-state index is 12.3. The predicted octanol–water partition coefficient (Wildman–Crippen LogP) is 3.40. The number of rotatable bonds is 5. The van der Waals surface area contributed by atoms with Gasteiger partial charge in [0.05, 0.1) is 28.9 Å². The first-order valence-corrected chi connectivity index (χ1v) is 7.51. The van der Waals surface area contributed by atoms with Gasteiger partial charge in [-0.25, -0.2) is 4.98 Å². The van der Waals surface area contributed by atoms with Crippen molar-refractivity contribution >= 4 is 17.5 Å². The molecule has 118 valence electrons. The van der Waals surface area contributed by atoms with Gasteiger partial charge in [-0.1, -0.05) is 17.7 Å². The van der Waals surface area contributed by atoms with Crippen molar-refractivity contribution < 1.29 is 9.53 Å². The maximum atomic E-state index is 12.3. The van der Waals surface area contributed by atoms with E-state index in [4.69, 9.17) is 16.3 Å². The van der Waals surface area contributed by atoms with Crippen molar-refractivity contribution in [2.45, 2.75) is 40.3 Å². The fourth-order valence-corrected chi connectivity index (χ4v) is 2.38. The Kier molecular flexibility index (Phi) is 5.08. The lowest BCUT2D eigenvalue weighted by Crippen LogP contribution is -2.24. The highest BCUT2D eigenvalue weighted by atomic mass is 35.5. The van der Waals surface area contributed by atoms with Gasteiger partial charge < -0.3 is 15.0 Å². The number of nitrogens with zero attached hydrogens (tertiary/aromatic N) is 1. The number of aromatic nitrogens is 2. The molecule has 22 heavy (non-hydrogen) atoms.